The Balaban J connectivity index is 0.000000405. The third-order valence-electron chi connectivity index (χ3n) is 2.63. The molecule has 2 fully saturated rings. The number of fused-ring (bicyclic) bond motifs is 1. The molecule has 0 aromatic carbocycles. The van der Waals surface area contributed by atoms with Crippen LogP contribution in [0.2, 0.25) is 0 Å². The highest BCUT2D eigenvalue weighted by Crippen LogP contribution is 2.33. The summed E-state index contributed by atoms with van der Waals surface area (Å²) in [6, 6.07) is 0. The van der Waals surface area contributed by atoms with Gasteiger partial charge in [0.05, 0.1) is 0 Å². The van der Waals surface area contributed by atoms with Crippen molar-refractivity contribution in [1.82, 2.24) is 5.32 Å². The standard InChI is InChI=1S/C7H13N.H2/c1-2-6-4-8-5-7(6)3-1;/h6-8H,1-5H2;1H. The van der Waals surface area contributed by atoms with Crippen LogP contribution in [-0.2, 0) is 0 Å². The molecule has 2 rings (SSSR count). The van der Waals surface area contributed by atoms with Crippen LogP contribution in [0.1, 0.15) is 20.7 Å². The Morgan fingerprint density at radius 1 is 1.12 bits per heavy atom. The highest BCUT2D eigenvalue weighted by atomic mass is 14.9. The predicted octanol–water partition coefficient (Wildman–Crippen LogP) is 1.25. The molecule has 1 saturated heterocycles. The van der Waals surface area contributed by atoms with Gasteiger partial charge in [-0.05, 0) is 37.8 Å². The maximum atomic E-state index is 3.42. The van der Waals surface area contributed by atoms with Crippen LogP contribution in [0.3, 0.4) is 0 Å². The van der Waals surface area contributed by atoms with Gasteiger partial charge in [-0.15, -0.1) is 0 Å². The molecule has 0 amide bonds. The lowest BCUT2D eigenvalue weighted by molar-refractivity contribution is 0.494. The van der Waals surface area contributed by atoms with Crippen molar-refractivity contribution in [3.8, 4) is 0 Å². The lowest BCUT2D eigenvalue weighted by Crippen LogP contribution is -2.08. The van der Waals surface area contributed by atoms with Crippen molar-refractivity contribution in [3.05, 3.63) is 0 Å². The maximum absolute atomic E-state index is 3.42. The first-order valence-electron chi connectivity index (χ1n) is 3.67. The lowest BCUT2D eigenvalue weighted by Gasteiger charge is -2.02. The van der Waals surface area contributed by atoms with E-state index in [4.69, 9.17) is 0 Å². The third kappa shape index (κ3) is 0.576. The molecule has 0 spiro atoms. The van der Waals surface area contributed by atoms with Gasteiger partial charge in [-0.1, -0.05) is 6.42 Å². The van der Waals surface area contributed by atoms with Crippen LogP contribution in [0.5, 0.6) is 0 Å². The van der Waals surface area contributed by atoms with Crippen molar-refractivity contribution in [2.24, 2.45) is 11.8 Å². The predicted molar refractivity (Wildman–Crippen MR) is 35.8 cm³/mol. The number of hydrogen-bond acceptors (Lipinski definition) is 1. The zero-order chi connectivity index (χ0) is 5.40. The van der Waals surface area contributed by atoms with E-state index in [9.17, 15) is 0 Å². The fourth-order valence-electron chi connectivity index (χ4n) is 2.11. The first kappa shape index (κ1) is 4.80. The Labute approximate surface area is 52.0 Å². The molecule has 1 heteroatoms. The van der Waals surface area contributed by atoms with Gasteiger partial charge in [0, 0.05) is 1.43 Å². The van der Waals surface area contributed by atoms with E-state index in [1.807, 2.05) is 0 Å². The molecule has 2 atom stereocenters. The second kappa shape index (κ2) is 1.73. The molecule has 1 heterocycles. The average Bonchev–Trinajstić information content (AvgIpc) is 2.15. The summed E-state index contributed by atoms with van der Waals surface area (Å²) in [6.45, 7) is 2.62. The van der Waals surface area contributed by atoms with E-state index >= 15 is 0 Å². The molecule has 8 heavy (non-hydrogen) atoms. The first-order valence-corrected chi connectivity index (χ1v) is 3.67. The van der Waals surface area contributed by atoms with Crippen molar-refractivity contribution in [2.45, 2.75) is 19.3 Å². The van der Waals surface area contributed by atoms with E-state index in [-0.39, 0.29) is 1.43 Å². The highest BCUT2D eigenvalue weighted by molar-refractivity contribution is 4.85. The SMILES string of the molecule is C1CC2CNCC2C1.[HH]. The van der Waals surface area contributed by atoms with Gasteiger partial charge in [0.15, 0.2) is 0 Å². The monoisotopic (exact) mass is 113 g/mol. The summed E-state index contributed by atoms with van der Waals surface area (Å²) >= 11 is 0. The molecule has 1 nitrogen and oxygen atoms in total. The van der Waals surface area contributed by atoms with E-state index in [2.05, 4.69) is 5.32 Å². The summed E-state index contributed by atoms with van der Waals surface area (Å²) in [5.74, 6) is 2.13. The molecule has 1 N–H and O–H groups in total. The minimum absolute atomic E-state index is 0. The zero-order valence-corrected chi connectivity index (χ0v) is 5.19. The van der Waals surface area contributed by atoms with Crippen LogP contribution in [-0.4, -0.2) is 13.1 Å². The Bertz CT molecular complexity index is 74.9. The summed E-state index contributed by atoms with van der Waals surface area (Å²) in [5.41, 5.74) is 0. The fourth-order valence-corrected chi connectivity index (χ4v) is 2.11. The molecule has 0 radical (unpaired) electrons. The molecular formula is C7H15N. The quantitative estimate of drug-likeness (QED) is 0.498. The summed E-state index contributed by atoms with van der Waals surface area (Å²) in [7, 11) is 0. The molecule has 1 saturated carbocycles. The van der Waals surface area contributed by atoms with Crippen LogP contribution >= 0.6 is 0 Å². The van der Waals surface area contributed by atoms with E-state index in [1.54, 1.807) is 0 Å². The van der Waals surface area contributed by atoms with E-state index in [0.29, 0.717) is 0 Å². The fraction of sp³-hybridized carbons (Fsp3) is 1.00. The normalized spacial score (nSPS) is 45.0. The zero-order valence-electron chi connectivity index (χ0n) is 5.19. The van der Waals surface area contributed by atoms with Crippen LogP contribution in [0.25, 0.3) is 0 Å². The Kier molecular flexibility index (Phi) is 1.04. The van der Waals surface area contributed by atoms with Crippen molar-refractivity contribution >= 4 is 0 Å². The topological polar surface area (TPSA) is 12.0 Å². The van der Waals surface area contributed by atoms with Crippen molar-refractivity contribution < 1.29 is 1.43 Å². The molecule has 0 aromatic heterocycles. The average molecular weight is 113 g/mol. The van der Waals surface area contributed by atoms with Crippen molar-refractivity contribution in [2.75, 3.05) is 13.1 Å². The summed E-state index contributed by atoms with van der Waals surface area (Å²) in [4.78, 5) is 0. The molecule has 1 aliphatic carbocycles. The molecule has 1 aliphatic heterocycles. The second-order valence-electron chi connectivity index (χ2n) is 3.11. The van der Waals surface area contributed by atoms with Gasteiger partial charge in [0.1, 0.15) is 0 Å². The smallest absolute Gasteiger partial charge is 0 e. The van der Waals surface area contributed by atoms with E-state index in [0.717, 1.165) is 11.8 Å². The lowest BCUT2D eigenvalue weighted by atomic mass is 10.0. The second-order valence-corrected chi connectivity index (χ2v) is 3.11. The minimum Gasteiger partial charge on any atom is -0.316 e. The molecular weight excluding hydrogens is 98.1 g/mol. The maximum Gasteiger partial charge on any atom is 0 e. The third-order valence-corrected chi connectivity index (χ3v) is 2.63. The molecule has 0 aromatic rings. The van der Waals surface area contributed by atoms with E-state index in [1.165, 1.54) is 32.4 Å². The largest absolute Gasteiger partial charge is 0.316 e. The Morgan fingerprint density at radius 2 is 1.75 bits per heavy atom. The van der Waals surface area contributed by atoms with Crippen LogP contribution in [0, 0.1) is 11.8 Å². The number of rotatable bonds is 0. The summed E-state index contributed by atoms with van der Waals surface area (Å²) < 4.78 is 0. The Morgan fingerprint density at radius 3 is 2.38 bits per heavy atom. The highest BCUT2D eigenvalue weighted by Gasteiger charge is 2.30. The summed E-state index contributed by atoms with van der Waals surface area (Å²) in [6.07, 6.45) is 4.49. The van der Waals surface area contributed by atoms with Crippen LogP contribution < -0.4 is 5.32 Å². The van der Waals surface area contributed by atoms with Gasteiger partial charge in [-0.3, -0.25) is 0 Å². The van der Waals surface area contributed by atoms with Gasteiger partial charge >= 0.3 is 0 Å². The molecule has 2 unspecified atom stereocenters. The Hall–Kier alpha value is -0.0400. The van der Waals surface area contributed by atoms with Crippen molar-refractivity contribution in [3.63, 3.8) is 0 Å². The first-order chi connectivity index (χ1) is 3.97. The van der Waals surface area contributed by atoms with E-state index < -0.39 is 0 Å². The summed E-state index contributed by atoms with van der Waals surface area (Å²) in [5, 5.41) is 3.42. The van der Waals surface area contributed by atoms with Gasteiger partial charge in [0.2, 0.25) is 0 Å². The van der Waals surface area contributed by atoms with Gasteiger partial charge in [0.25, 0.3) is 0 Å². The molecule has 48 valence electrons. The number of nitrogens with one attached hydrogen (secondary N) is 1. The molecule has 0 bridgehead atoms. The molecule has 2 aliphatic rings. The van der Waals surface area contributed by atoms with Crippen molar-refractivity contribution in [1.29, 1.82) is 0 Å². The van der Waals surface area contributed by atoms with Gasteiger partial charge in [-0.2, -0.15) is 0 Å². The van der Waals surface area contributed by atoms with Crippen LogP contribution in [0.4, 0.5) is 0 Å². The van der Waals surface area contributed by atoms with Gasteiger partial charge in [-0.25, -0.2) is 0 Å². The van der Waals surface area contributed by atoms with Gasteiger partial charge < -0.3 is 5.32 Å². The minimum atomic E-state index is 0. The number of hydrogen-bond donors (Lipinski definition) is 1. The van der Waals surface area contributed by atoms with Crippen LogP contribution in [0.15, 0.2) is 0 Å².